The van der Waals surface area contributed by atoms with Crippen LogP contribution in [0.25, 0.3) is 0 Å². The van der Waals surface area contributed by atoms with E-state index in [4.69, 9.17) is 0 Å². The highest BCUT2D eigenvalue weighted by molar-refractivity contribution is 4.88. The molecule has 1 N–H and O–H groups in total. The molecule has 1 fully saturated rings. The summed E-state index contributed by atoms with van der Waals surface area (Å²) < 4.78 is 0. The van der Waals surface area contributed by atoms with E-state index >= 15 is 0 Å². The van der Waals surface area contributed by atoms with Gasteiger partial charge >= 0.3 is 0 Å². The highest BCUT2D eigenvalue weighted by Crippen LogP contribution is 2.36. The van der Waals surface area contributed by atoms with E-state index in [2.05, 4.69) is 31.1 Å². The fraction of sp³-hybridized carbons (Fsp3) is 1.00. The highest BCUT2D eigenvalue weighted by Gasteiger charge is 2.34. The van der Waals surface area contributed by atoms with E-state index in [1.807, 2.05) is 0 Å². The van der Waals surface area contributed by atoms with Gasteiger partial charge in [0.15, 0.2) is 0 Å². The maximum absolute atomic E-state index is 3.27. The van der Waals surface area contributed by atoms with Crippen molar-refractivity contribution in [3.8, 4) is 0 Å². The molecule has 1 unspecified atom stereocenters. The van der Waals surface area contributed by atoms with Crippen LogP contribution in [0, 0.1) is 5.41 Å². The third-order valence-electron chi connectivity index (χ3n) is 3.62. The summed E-state index contributed by atoms with van der Waals surface area (Å²) in [7, 11) is 2.05. The Labute approximate surface area is 82.7 Å². The number of hydrogen-bond acceptors (Lipinski definition) is 2. The van der Waals surface area contributed by atoms with Crippen molar-refractivity contribution >= 4 is 0 Å². The molecule has 78 valence electrons. The molecule has 0 spiro atoms. The maximum Gasteiger partial charge on any atom is 0.00387 e. The Kier molecular flexibility index (Phi) is 4.20. The minimum atomic E-state index is 0.624. The van der Waals surface area contributed by atoms with Crippen LogP contribution in [0.5, 0.6) is 0 Å². The Morgan fingerprint density at radius 1 is 1.38 bits per heavy atom. The average molecular weight is 184 g/mol. The molecule has 1 aliphatic heterocycles. The molecule has 0 amide bonds. The van der Waals surface area contributed by atoms with Crippen LogP contribution in [0.3, 0.4) is 0 Å². The molecule has 1 atom stereocenters. The zero-order valence-corrected chi connectivity index (χ0v) is 9.40. The largest absolute Gasteiger partial charge is 0.320 e. The van der Waals surface area contributed by atoms with E-state index in [9.17, 15) is 0 Å². The van der Waals surface area contributed by atoms with Crippen molar-refractivity contribution < 1.29 is 0 Å². The second-order valence-electron chi connectivity index (χ2n) is 4.33. The van der Waals surface area contributed by atoms with Gasteiger partial charge in [-0.1, -0.05) is 13.8 Å². The predicted octanol–water partition coefficient (Wildman–Crippen LogP) is 1.72. The third kappa shape index (κ3) is 2.68. The molecule has 0 saturated carbocycles. The maximum atomic E-state index is 3.27. The Morgan fingerprint density at radius 3 is 2.62 bits per heavy atom. The number of likely N-dealkylation sites (tertiary alicyclic amines) is 1. The first kappa shape index (κ1) is 11.0. The van der Waals surface area contributed by atoms with Crippen LogP contribution in [0.4, 0.5) is 0 Å². The quantitative estimate of drug-likeness (QED) is 0.700. The van der Waals surface area contributed by atoms with Gasteiger partial charge in [0.2, 0.25) is 0 Å². The van der Waals surface area contributed by atoms with Crippen molar-refractivity contribution in [2.24, 2.45) is 5.41 Å². The molecule has 0 aromatic rings. The van der Waals surface area contributed by atoms with Crippen molar-refractivity contribution in [2.75, 3.05) is 33.2 Å². The van der Waals surface area contributed by atoms with Crippen molar-refractivity contribution in [1.29, 1.82) is 0 Å². The molecule has 2 heteroatoms. The van der Waals surface area contributed by atoms with Gasteiger partial charge in [-0.3, -0.25) is 0 Å². The van der Waals surface area contributed by atoms with Crippen molar-refractivity contribution in [2.45, 2.75) is 33.1 Å². The lowest BCUT2D eigenvalue weighted by atomic mass is 9.81. The van der Waals surface area contributed by atoms with E-state index in [-0.39, 0.29) is 0 Å². The number of nitrogens with zero attached hydrogens (tertiary/aromatic N) is 1. The summed E-state index contributed by atoms with van der Waals surface area (Å²) in [6, 6.07) is 0. The zero-order valence-electron chi connectivity index (χ0n) is 9.40. The average Bonchev–Trinajstić information content (AvgIpc) is 2.59. The van der Waals surface area contributed by atoms with E-state index in [0.29, 0.717) is 5.41 Å². The van der Waals surface area contributed by atoms with Gasteiger partial charge in [0, 0.05) is 6.54 Å². The summed E-state index contributed by atoms with van der Waals surface area (Å²) in [4.78, 5) is 2.58. The number of hydrogen-bond donors (Lipinski definition) is 1. The normalized spacial score (nSPS) is 29.8. The van der Waals surface area contributed by atoms with Crippen LogP contribution in [-0.4, -0.2) is 38.1 Å². The molecule has 1 heterocycles. The van der Waals surface area contributed by atoms with E-state index < -0.39 is 0 Å². The first-order valence-electron chi connectivity index (χ1n) is 5.63. The molecule has 13 heavy (non-hydrogen) atoms. The Bertz CT molecular complexity index is 147. The van der Waals surface area contributed by atoms with Gasteiger partial charge in [0.25, 0.3) is 0 Å². The summed E-state index contributed by atoms with van der Waals surface area (Å²) >= 11 is 0. The second kappa shape index (κ2) is 4.97. The topological polar surface area (TPSA) is 15.3 Å². The molecule has 1 aliphatic rings. The van der Waals surface area contributed by atoms with Gasteiger partial charge in [-0.25, -0.2) is 0 Å². The van der Waals surface area contributed by atoms with Gasteiger partial charge in [-0.15, -0.1) is 0 Å². The summed E-state index contributed by atoms with van der Waals surface area (Å²) in [6.07, 6.45) is 4.08. The van der Waals surface area contributed by atoms with Crippen LogP contribution in [-0.2, 0) is 0 Å². The van der Waals surface area contributed by atoms with Crippen LogP contribution < -0.4 is 5.32 Å². The minimum Gasteiger partial charge on any atom is -0.320 e. The van der Waals surface area contributed by atoms with E-state index in [1.54, 1.807) is 0 Å². The SMILES string of the molecule is CCN1CCC(CC)(CCNC)C1. The van der Waals surface area contributed by atoms with E-state index in [0.717, 1.165) is 0 Å². The van der Waals surface area contributed by atoms with Gasteiger partial charge in [-0.2, -0.15) is 0 Å². The van der Waals surface area contributed by atoms with Gasteiger partial charge in [0.05, 0.1) is 0 Å². The smallest absolute Gasteiger partial charge is 0.00387 e. The molecule has 0 aromatic heterocycles. The Morgan fingerprint density at radius 2 is 2.15 bits per heavy atom. The molecular weight excluding hydrogens is 160 g/mol. The van der Waals surface area contributed by atoms with Crippen LogP contribution in [0.1, 0.15) is 33.1 Å². The molecule has 0 aromatic carbocycles. The lowest BCUT2D eigenvalue weighted by Crippen LogP contribution is -2.29. The lowest BCUT2D eigenvalue weighted by Gasteiger charge is -2.27. The Hall–Kier alpha value is -0.0800. The van der Waals surface area contributed by atoms with E-state index in [1.165, 1.54) is 45.4 Å². The molecule has 0 bridgehead atoms. The van der Waals surface area contributed by atoms with Crippen molar-refractivity contribution in [1.82, 2.24) is 10.2 Å². The van der Waals surface area contributed by atoms with Gasteiger partial charge < -0.3 is 10.2 Å². The second-order valence-corrected chi connectivity index (χ2v) is 4.33. The predicted molar refractivity (Wildman–Crippen MR) is 58.0 cm³/mol. The summed E-state index contributed by atoms with van der Waals surface area (Å²) in [5.41, 5.74) is 0.624. The van der Waals surface area contributed by atoms with Crippen LogP contribution >= 0.6 is 0 Å². The highest BCUT2D eigenvalue weighted by atomic mass is 15.1. The molecule has 0 radical (unpaired) electrons. The molecular formula is C11H24N2. The molecule has 1 rings (SSSR count). The monoisotopic (exact) mass is 184 g/mol. The van der Waals surface area contributed by atoms with Crippen molar-refractivity contribution in [3.63, 3.8) is 0 Å². The fourth-order valence-electron chi connectivity index (χ4n) is 2.36. The first-order chi connectivity index (χ1) is 6.26. The summed E-state index contributed by atoms with van der Waals surface area (Å²) in [5, 5.41) is 3.27. The number of nitrogens with one attached hydrogen (secondary N) is 1. The number of rotatable bonds is 5. The fourth-order valence-corrected chi connectivity index (χ4v) is 2.36. The molecule has 2 nitrogen and oxygen atoms in total. The summed E-state index contributed by atoms with van der Waals surface area (Å²) in [5.74, 6) is 0. The Balaban J connectivity index is 2.42. The molecule has 0 aliphatic carbocycles. The minimum absolute atomic E-state index is 0.624. The standard InChI is InChI=1S/C11H24N2/c1-4-11(6-8-12-3)7-9-13(5-2)10-11/h12H,4-10H2,1-3H3. The molecule has 1 saturated heterocycles. The van der Waals surface area contributed by atoms with Crippen molar-refractivity contribution in [3.05, 3.63) is 0 Å². The third-order valence-corrected chi connectivity index (χ3v) is 3.62. The van der Waals surface area contributed by atoms with Gasteiger partial charge in [-0.05, 0) is 51.4 Å². The van der Waals surface area contributed by atoms with Gasteiger partial charge in [0.1, 0.15) is 0 Å². The zero-order chi connectivity index (χ0) is 9.73. The lowest BCUT2D eigenvalue weighted by molar-refractivity contribution is 0.237. The summed E-state index contributed by atoms with van der Waals surface area (Å²) in [6.45, 7) is 9.64. The van der Waals surface area contributed by atoms with Crippen LogP contribution in [0.2, 0.25) is 0 Å². The van der Waals surface area contributed by atoms with Crippen LogP contribution in [0.15, 0.2) is 0 Å². The first-order valence-corrected chi connectivity index (χ1v) is 5.63.